The SMILES string of the molecule is CC(C)(C)OC(=O)N1CCN(c2cccc3c2C(=O)N(C2CCC(=O)NC2=O)C3=O)CC1. The van der Waals surface area contributed by atoms with Crippen molar-refractivity contribution in [1.82, 2.24) is 15.1 Å². The van der Waals surface area contributed by atoms with Crippen molar-refractivity contribution in [3.8, 4) is 0 Å². The van der Waals surface area contributed by atoms with Crippen LogP contribution in [0, 0.1) is 0 Å². The summed E-state index contributed by atoms with van der Waals surface area (Å²) in [7, 11) is 0. The molecule has 3 aliphatic heterocycles. The van der Waals surface area contributed by atoms with Crippen LogP contribution in [0.5, 0.6) is 0 Å². The monoisotopic (exact) mass is 442 g/mol. The van der Waals surface area contributed by atoms with E-state index in [0.29, 0.717) is 31.9 Å². The summed E-state index contributed by atoms with van der Waals surface area (Å²) in [4.78, 5) is 66.9. The first kappa shape index (κ1) is 21.8. The van der Waals surface area contributed by atoms with Gasteiger partial charge in [0.2, 0.25) is 11.8 Å². The Kier molecular flexibility index (Phi) is 5.39. The number of nitrogens with one attached hydrogen (secondary N) is 1. The second-order valence-electron chi connectivity index (χ2n) is 9.10. The molecule has 0 spiro atoms. The highest BCUT2D eigenvalue weighted by Crippen LogP contribution is 2.34. The van der Waals surface area contributed by atoms with Gasteiger partial charge in [0.05, 0.1) is 16.8 Å². The summed E-state index contributed by atoms with van der Waals surface area (Å²) in [6.07, 6.45) is -0.200. The molecule has 1 unspecified atom stereocenters. The van der Waals surface area contributed by atoms with Crippen LogP contribution in [-0.4, -0.2) is 77.3 Å². The molecular formula is C22H26N4O6. The maximum Gasteiger partial charge on any atom is 0.410 e. The fraction of sp³-hybridized carbons (Fsp3) is 0.500. The number of piperazine rings is 1. The second kappa shape index (κ2) is 7.92. The molecule has 10 nitrogen and oxygen atoms in total. The Morgan fingerprint density at radius 1 is 1.03 bits per heavy atom. The lowest BCUT2D eigenvalue weighted by atomic mass is 10.0. The number of hydrogen-bond donors (Lipinski definition) is 1. The van der Waals surface area contributed by atoms with E-state index < -0.39 is 35.3 Å². The molecule has 1 aromatic carbocycles. The van der Waals surface area contributed by atoms with Gasteiger partial charge in [0.15, 0.2) is 0 Å². The van der Waals surface area contributed by atoms with Crippen molar-refractivity contribution in [3.63, 3.8) is 0 Å². The highest BCUT2D eigenvalue weighted by Gasteiger charge is 2.46. The molecule has 0 aliphatic carbocycles. The zero-order valence-corrected chi connectivity index (χ0v) is 18.3. The largest absolute Gasteiger partial charge is 0.444 e. The minimum Gasteiger partial charge on any atom is -0.444 e. The van der Waals surface area contributed by atoms with Gasteiger partial charge in [0.25, 0.3) is 11.8 Å². The Bertz CT molecular complexity index is 1010. The van der Waals surface area contributed by atoms with Crippen LogP contribution in [0.4, 0.5) is 10.5 Å². The molecule has 0 saturated carbocycles. The van der Waals surface area contributed by atoms with Gasteiger partial charge in [-0.1, -0.05) is 6.07 Å². The Morgan fingerprint density at radius 3 is 2.34 bits per heavy atom. The molecule has 2 fully saturated rings. The molecule has 170 valence electrons. The van der Waals surface area contributed by atoms with Crippen LogP contribution in [0.15, 0.2) is 18.2 Å². The van der Waals surface area contributed by atoms with E-state index in [4.69, 9.17) is 4.74 Å². The zero-order valence-electron chi connectivity index (χ0n) is 18.3. The Balaban J connectivity index is 1.52. The summed E-state index contributed by atoms with van der Waals surface area (Å²) in [6.45, 7) is 7.20. The molecule has 5 amide bonds. The van der Waals surface area contributed by atoms with E-state index in [2.05, 4.69) is 5.32 Å². The Labute approximate surface area is 185 Å². The average Bonchev–Trinajstić information content (AvgIpc) is 2.98. The smallest absolute Gasteiger partial charge is 0.410 e. The fourth-order valence-electron chi connectivity index (χ4n) is 4.22. The van der Waals surface area contributed by atoms with Crippen LogP contribution in [0.1, 0.15) is 54.3 Å². The predicted molar refractivity (Wildman–Crippen MR) is 113 cm³/mol. The van der Waals surface area contributed by atoms with E-state index in [9.17, 15) is 24.0 Å². The number of fused-ring (bicyclic) bond motifs is 1. The van der Waals surface area contributed by atoms with Crippen LogP contribution in [0.2, 0.25) is 0 Å². The molecule has 3 heterocycles. The van der Waals surface area contributed by atoms with E-state index in [1.54, 1.807) is 23.1 Å². The summed E-state index contributed by atoms with van der Waals surface area (Å²) in [6, 6.07) is 4.04. The number of anilines is 1. The molecule has 1 atom stereocenters. The first-order valence-electron chi connectivity index (χ1n) is 10.6. The second-order valence-corrected chi connectivity index (χ2v) is 9.10. The predicted octanol–water partition coefficient (Wildman–Crippen LogP) is 1.14. The van der Waals surface area contributed by atoms with Gasteiger partial charge in [-0.2, -0.15) is 0 Å². The normalized spacial score (nSPS) is 21.6. The van der Waals surface area contributed by atoms with Crippen LogP contribution in [0.25, 0.3) is 0 Å². The summed E-state index contributed by atoms with van der Waals surface area (Å²) in [5, 5.41) is 2.20. The number of hydrogen-bond acceptors (Lipinski definition) is 7. The van der Waals surface area contributed by atoms with Crippen molar-refractivity contribution in [3.05, 3.63) is 29.3 Å². The molecule has 4 rings (SSSR count). The summed E-state index contributed by atoms with van der Waals surface area (Å²) < 4.78 is 5.42. The van der Waals surface area contributed by atoms with Gasteiger partial charge >= 0.3 is 6.09 Å². The first-order valence-corrected chi connectivity index (χ1v) is 10.6. The maximum absolute atomic E-state index is 13.3. The van der Waals surface area contributed by atoms with Gasteiger partial charge in [-0.15, -0.1) is 0 Å². The maximum atomic E-state index is 13.3. The molecule has 0 radical (unpaired) electrons. The van der Waals surface area contributed by atoms with Crippen molar-refractivity contribution in [2.75, 3.05) is 31.1 Å². The van der Waals surface area contributed by atoms with E-state index >= 15 is 0 Å². The number of amides is 5. The number of nitrogens with zero attached hydrogens (tertiary/aromatic N) is 3. The Hall–Kier alpha value is -3.43. The molecule has 0 aromatic heterocycles. The van der Waals surface area contributed by atoms with Gasteiger partial charge in [0.1, 0.15) is 11.6 Å². The fourth-order valence-corrected chi connectivity index (χ4v) is 4.22. The molecular weight excluding hydrogens is 416 g/mol. The molecule has 1 aromatic rings. The van der Waals surface area contributed by atoms with Crippen molar-refractivity contribution in [2.45, 2.75) is 45.3 Å². The lowest BCUT2D eigenvalue weighted by Crippen LogP contribution is -2.54. The number of benzene rings is 1. The van der Waals surface area contributed by atoms with Gasteiger partial charge in [0, 0.05) is 32.6 Å². The highest BCUT2D eigenvalue weighted by atomic mass is 16.6. The van der Waals surface area contributed by atoms with Crippen molar-refractivity contribution in [2.24, 2.45) is 0 Å². The topological polar surface area (TPSA) is 116 Å². The van der Waals surface area contributed by atoms with Crippen LogP contribution in [0.3, 0.4) is 0 Å². The number of imide groups is 2. The van der Waals surface area contributed by atoms with Crippen LogP contribution in [-0.2, 0) is 14.3 Å². The van der Waals surface area contributed by atoms with E-state index in [1.165, 1.54) is 0 Å². The average molecular weight is 442 g/mol. The lowest BCUT2D eigenvalue weighted by Gasteiger charge is -2.37. The number of rotatable bonds is 2. The number of carbonyl (C=O) groups is 5. The number of ether oxygens (including phenoxy) is 1. The first-order chi connectivity index (χ1) is 15.1. The zero-order chi connectivity index (χ0) is 23.2. The third-order valence-electron chi connectivity index (χ3n) is 5.72. The minimum absolute atomic E-state index is 0.0727. The van der Waals surface area contributed by atoms with Crippen molar-refractivity contribution in [1.29, 1.82) is 0 Å². The van der Waals surface area contributed by atoms with Gasteiger partial charge < -0.3 is 14.5 Å². The van der Waals surface area contributed by atoms with Gasteiger partial charge in [-0.05, 0) is 39.3 Å². The van der Waals surface area contributed by atoms with Gasteiger partial charge in [-0.25, -0.2) is 4.79 Å². The van der Waals surface area contributed by atoms with Gasteiger partial charge in [-0.3, -0.25) is 29.4 Å². The van der Waals surface area contributed by atoms with Crippen molar-refractivity contribution < 1.29 is 28.7 Å². The quantitative estimate of drug-likeness (QED) is 0.683. The number of carbonyl (C=O) groups excluding carboxylic acids is 5. The van der Waals surface area contributed by atoms with E-state index in [-0.39, 0.29) is 30.1 Å². The molecule has 0 bridgehead atoms. The third kappa shape index (κ3) is 3.92. The van der Waals surface area contributed by atoms with Crippen LogP contribution < -0.4 is 10.2 Å². The molecule has 10 heteroatoms. The van der Waals surface area contributed by atoms with E-state index in [1.807, 2.05) is 25.7 Å². The molecule has 32 heavy (non-hydrogen) atoms. The van der Waals surface area contributed by atoms with Crippen molar-refractivity contribution >= 4 is 35.4 Å². The van der Waals surface area contributed by atoms with E-state index in [0.717, 1.165) is 4.90 Å². The standard InChI is InChI=1S/C22H26N4O6/c1-22(2,3)32-21(31)25-11-9-24(10-12-25)14-6-4-5-13-17(14)20(30)26(19(13)29)15-7-8-16(27)23-18(15)28/h4-6,15H,7-12H2,1-3H3,(H,23,27,28). The Morgan fingerprint density at radius 2 is 1.72 bits per heavy atom. The summed E-state index contributed by atoms with van der Waals surface area (Å²) >= 11 is 0. The lowest BCUT2D eigenvalue weighted by molar-refractivity contribution is -0.136. The molecule has 3 aliphatic rings. The van der Waals surface area contributed by atoms with Crippen LogP contribution >= 0.6 is 0 Å². The molecule has 1 N–H and O–H groups in total. The highest BCUT2D eigenvalue weighted by molar-refractivity contribution is 6.25. The summed E-state index contributed by atoms with van der Waals surface area (Å²) in [5.74, 6) is -2.12. The third-order valence-corrected chi connectivity index (χ3v) is 5.72. The molecule has 2 saturated heterocycles. The minimum atomic E-state index is -1.00. The summed E-state index contributed by atoms with van der Waals surface area (Å²) in [5.41, 5.74) is 0.514. The number of piperidine rings is 1.